The number of thiol groups is 1. The second-order valence-electron chi connectivity index (χ2n) is 3.65. The van der Waals surface area contributed by atoms with Gasteiger partial charge in [0.1, 0.15) is 0 Å². The van der Waals surface area contributed by atoms with Crippen LogP contribution in [0.15, 0.2) is 23.1 Å². The Balaban J connectivity index is 3.10. The maximum Gasteiger partial charge on any atom is 0.0449 e. The number of benzene rings is 1. The first-order chi connectivity index (χ1) is 5.97. The van der Waals surface area contributed by atoms with Crippen LogP contribution in [0.25, 0.3) is 0 Å². The molecule has 1 rings (SSSR count). The average molecular weight is 196 g/mol. The van der Waals surface area contributed by atoms with Crippen molar-refractivity contribution in [2.45, 2.75) is 24.3 Å². The van der Waals surface area contributed by atoms with Crippen LogP contribution in [0.2, 0.25) is 0 Å². The highest BCUT2D eigenvalue weighted by molar-refractivity contribution is 7.80. The van der Waals surface area contributed by atoms with Crippen molar-refractivity contribution in [2.75, 3.05) is 12.8 Å². The molecule has 0 aromatic heterocycles. The first kappa shape index (κ1) is 10.4. The van der Waals surface area contributed by atoms with Crippen LogP contribution in [0.5, 0.6) is 0 Å². The predicted molar refractivity (Wildman–Crippen MR) is 60.2 cm³/mol. The summed E-state index contributed by atoms with van der Waals surface area (Å²) < 4.78 is 0. The number of hydrogen-bond donors (Lipinski definition) is 3. The largest absolute Gasteiger partial charge is 0.398 e. The maximum atomic E-state index is 5.68. The van der Waals surface area contributed by atoms with E-state index in [4.69, 9.17) is 5.73 Å². The van der Waals surface area contributed by atoms with E-state index < -0.39 is 0 Å². The van der Waals surface area contributed by atoms with Gasteiger partial charge in [0.15, 0.2) is 0 Å². The molecule has 13 heavy (non-hydrogen) atoms. The summed E-state index contributed by atoms with van der Waals surface area (Å²) in [7, 11) is 1.94. The topological polar surface area (TPSA) is 38.0 Å². The maximum absolute atomic E-state index is 5.68. The summed E-state index contributed by atoms with van der Waals surface area (Å²) in [6, 6.07) is 5.90. The molecule has 0 heterocycles. The Morgan fingerprint density at radius 1 is 1.38 bits per heavy atom. The second-order valence-corrected chi connectivity index (χ2v) is 4.13. The van der Waals surface area contributed by atoms with Gasteiger partial charge in [-0.05, 0) is 38.6 Å². The zero-order valence-corrected chi connectivity index (χ0v) is 9.15. The molecule has 0 aliphatic heterocycles. The number of nitrogen functional groups attached to an aromatic ring is 1. The fourth-order valence-corrected chi connectivity index (χ4v) is 1.29. The summed E-state index contributed by atoms with van der Waals surface area (Å²) in [5, 5.41) is 3.23. The molecule has 3 N–H and O–H groups in total. The van der Waals surface area contributed by atoms with Gasteiger partial charge in [-0.3, -0.25) is 0 Å². The lowest BCUT2D eigenvalue weighted by Crippen LogP contribution is -2.33. The molecule has 0 unspecified atom stereocenters. The van der Waals surface area contributed by atoms with Gasteiger partial charge in [-0.2, -0.15) is 0 Å². The SMILES string of the molecule is CNC(C)(C)c1ccc(N)c(S)c1. The molecule has 0 spiro atoms. The summed E-state index contributed by atoms with van der Waals surface area (Å²) in [5.74, 6) is 0. The third-order valence-corrected chi connectivity index (χ3v) is 2.76. The molecule has 0 amide bonds. The van der Waals surface area contributed by atoms with Crippen molar-refractivity contribution in [3.63, 3.8) is 0 Å². The first-order valence-electron chi connectivity index (χ1n) is 4.25. The van der Waals surface area contributed by atoms with Crippen LogP contribution in [0.3, 0.4) is 0 Å². The van der Waals surface area contributed by atoms with Crippen molar-refractivity contribution in [2.24, 2.45) is 0 Å². The molecule has 0 atom stereocenters. The van der Waals surface area contributed by atoms with Gasteiger partial charge < -0.3 is 11.1 Å². The molecule has 0 radical (unpaired) electrons. The van der Waals surface area contributed by atoms with Crippen molar-refractivity contribution in [1.82, 2.24) is 5.32 Å². The summed E-state index contributed by atoms with van der Waals surface area (Å²) in [6.07, 6.45) is 0. The van der Waals surface area contributed by atoms with Crippen LogP contribution in [0.4, 0.5) is 5.69 Å². The molecule has 0 saturated carbocycles. The molecule has 1 aromatic rings. The Morgan fingerprint density at radius 3 is 2.46 bits per heavy atom. The van der Waals surface area contributed by atoms with Gasteiger partial charge in [0, 0.05) is 16.1 Å². The molecular formula is C10H16N2S. The highest BCUT2D eigenvalue weighted by atomic mass is 32.1. The Morgan fingerprint density at radius 2 is 2.00 bits per heavy atom. The Labute approximate surface area is 84.9 Å². The molecule has 2 nitrogen and oxygen atoms in total. The third kappa shape index (κ3) is 2.17. The molecule has 72 valence electrons. The summed E-state index contributed by atoms with van der Waals surface area (Å²) in [4.78, 5) is 0.834. The zero-order chi connectivity index (χ0) is 10.1. The molecule has 1 aromatic carbocycles. The van der Waals surface area contributed by atoms with Gasteiger partial charge in [0.05, 0.1) is 0 Å². The molecule has 0 fully saturated rings. The van der Waals surface area contributed by atoms with E-state index in [0.29, 0.717) is 0 Å². The monoisotopic (exact) mass is 196 g/mol. The van der Waals surface area contributed by atoms with Gasteiger partial charge >= 0.3 is 0 Å². The van der Waals surface area contributed by atoms with Gasteiger partial charge in [-0.15, -0.1) is 12.6 Å². The van der Waals surface area contributed by atoms with E-state index in [1.807, 2.05) is 25.2 Å². The minimum Gasteiger partial charge on any atom is -0.398 e. The van der Waals surface area contributed by atoms with Crippen LogP contribution < -0.4 is 11.1 Å². The highest BCUT2D eigenvalue weighted by Crippen LogP contribution is 2.25. The lowest BCUT2D eigenvalue weighted by atomic mass is 9.94. The summed E-state index contributed by atoms with van der Waals surface area (Å²) >= 11 is 4.29. The Bertz CT molecular complexity index is 308. The fourth-order valence-electron chi connectivity index (χ4n) is 1.08. The molecule has 0 saturated heterocycles. The minimum absolute atomic E-state index is 0.0365. The van der Waals surface area contributed by atoms with Crippen molar-refractivity contribution in [1.29, 1.82) is 0 Å². The van der Waals surface area contributed by atoms with Crippen molar-refractivity contribution < 1.29 is 0 Å². The highest BCUT2D eigenvalue weighted by Gasteiger charge is 2.17. The van der Waals surface area contributed by atoms with Crippen LogP contribution in [-0.4, -0.2) is 7.05 Å². The lowest BCUT2D eigenvalue weighted by molar-refractivity contribution is 0.444. The third-order valence-electron chi connectivity index (χ3n) is 2.38. The normalized spacial score (nSPS) is 11.7. The van der Waals surface area contributed by atoms with Crippen LogP contribution >= 0.6 is 12.6 Å². The van der Waals surface area contributed by atoms with Gasteiger partial charge in [-0.25, -0.2) is 0 Å². The van der Waals surface area contributed by atoms with Gasteiger partial charge in [-0.1, -0.05) is 6.07 Å². The minimum atomic E-state index is -0.0365. The number of rotatable bonds is 2. The predicted octanol–water partition coefficient (Wildman–Crippen LogP) is 2.01. The smallest absolute Gasteiger partial charge is 0.0449 e. The Kier molecular flexibility index (Phi) is 2.88. The van der Waals surface area contributed by atoms with Crippen molar-refractivity contribution in [3.05, 3.63) is 23.8 Å². The van der Waals surface area contributed by atoms with E-state index in [-0.39, 0.29) is 5.54 Å². The molecule has 0 aliphatic rings. The number of anilines is 1. The average Bonchev–Trinajstić information content (AvgIpc) is 2.09. The molecule has 3 heteroatoms. The molecular weight excluding hydrogens is 180 g/mol. The van der Waals surface area contributed by atoms with Crippen LogP contribution in [0.1, 0.15) is 19.4 Å². The van der Waals surface area contributed by atoms with Crippen LogP contribution in [0, 0.1) is 0 Å². The summed E-state index contributed by atoms with van der Waals surface area (Å²) in [5.41, 5.74) is 7.55. The Hall–Kier alpha value is -0.670. The van der Waals surface area contributed by atoms with E-state index in [0.717, 1.165) is 10.6 Å². The fraction of sp³-hybridized carbons (Fsp3) is 0.400. The van der Waals surface area contributed by atoms with E-state index in [9.17, 15) is 0 Å². The van der Waals surface area contributed by atoms with E-state index in [2.05, 4.69) is 31.8 Å². The second kappa shape index (κ2) is 3.60. The van der Waals surface area contributed by atoms with Crippen molar-refractivity contribution in [3.8, 4) is 0 Å². The number of hydrogen-bond acceptors (Lipinski definition) is 3. The van der Waals surface area contributed by atoms with Gasteiger partial charge in [0.2, 0.25) is 0 Å². The van der Waals surface area contributed by atoms with E-state index in [1.54, 1.807) is 0 Å². The quantitative estimate of drug-likeness (QED) is 0.500. The molecule has 0 bridgehead atoms. The zero-order valence-electron chi connectivity index (χ0n) is 8.26. The molecule has 0 aliphatic carbocycles. The number of nitrogens with two attached hydrogens (primary N) is 1. The van der Waals surface area contributed by atoms with Crippen molar-refractivity contribution >= 4 is 18.3 Å². The van der Waals surface area contributed by atoms with Crippen LogP contribution in [-0.2, 0) is 5.54 Å². The van der Waals surface area contributed by atoms with Gasteiger partial charge in [0.25, 0.3) is 0 Å². The first-order valence-corrected chi connectivity index (χ1v) is 4.70. The van der Waals surface area contributed by atoms with E-state index in [1.165, 1.54) is 5.56 Å². The number of nitrogens with one attached hydrogen (secondary N) is 1. The standard InChI is InChI=1S/C10H16N2S/c1-10(2,12-3)7-4-5-8(11)9(13)6-7/h4-6,12-13H,11H2,1-3H3. The summed E-state index contributed by atoms with van der Waals surface area (Å²) in [6.45, 7) is 4.23. The van der Waals surface area contributed by atoms with E-state index >= 15 is 0 Å². The lowest BCUT2D eigenvalue weighted by Gasteiger charge is -2.25.